The minimum absolute atomic E-state index is 0.0302. The number of amides is 2. The molecule has 1 saturated heterocycles. The number of nitrogens with one attached hydrogen (secondary N) is 2. The number of piperazine rings is 1. The Kier molecular flexibility index (Phi) is 7.83. The molecule has 5 rings (SSSR count). The van der Waals surface area contributed by atoms with Gasteiger partial charge in [0, 0.05) is 31.6 Å². The number of nitrogens with zero attached hydrogens (tertiary/aromatic N) is 4. The number of carbonyl (C=O) groups is 2. The second-order valence-corrected chi connectivity index (χ2v) is 10.4. The Bertz CT molecular complexity index is 1560. The quantitative estimate of drug-likeness (QED) is 0.329. The minimum atomic E-state index is -4.98. The van der Waals surface area contributed by atoms with Crippen molar-refractivity contribution in [2.75, 3.05) is 32.7 Å². The first-order chi connectivity index (χ1) is 19.4. The molecule has 2 aliphatic heterocycles. The van der Waals surface area contributed by atoms with E-state index in [0.29, 0.717) is 58.8 Å². The molecule has 0 radical (unpaired) electrons. The third kappa shape index (κ3) is 6.73. The lowest BCUT2D eigenvalue weighted by molar-refractivity contribution is -0.143. The summed E-state index contributed by atoms with van der Waals surface area (Å²) in [5, 5.41) is 11.0. The van der Waals surface area contributed by atoms with Crippen LogP contribution in [0.15, 0.2) is 52.5 Å². The molecule has 0 saturated carbocycles. The van der Waals surface area contributed by atoms with Crippen molar-refractivity contribution in [2.45, 2.75) is 18.9 Å². The molecular formula is C26H22F6N6O2S. The fourth-order valence-corrected chi connectivity index (χ4v) is 5.32. The van der Waals surface area contributed by atoms with Crippen LogP contribution in [0.4, 0.5) is 26.3 Å². The van der Waals surface area contributed by atoms with Crippen molar-refractivity contribution in [3.05, 3.63) is 69.8 Å². The monoisotopic (exact) mass is 596 g/mol. The maximum atomic E-state index is 13.6. The van der Waals surface area contributed by atoms with Crippen molar-refractivity contribution in [3.63, 3.8) is 0 Å². The van der Waals surface area contributed by atoms with Gasteiger partial charge in [-0.25, -0.2) is 0 Å². The average Bonchev–Trinajstić information content (AvgIpc) is 3.45. The Morgan fingerprint density at radius 3 is 2.59 bits per heavy atom. The van der Waals surface area contributed by atoms with Gasteiger partial charge in [-0.05, 0) is 53.2 Å². The fourth-order valence-electron chi connectivity index (χ4n) is 4.48. The first kappa shape index (κ1) is 28.7. The van der Waals surface area contributed by atoms with E-state index in [1.807, 2.05) is 4.90 Å². The number of hydrogen-bond acceptors (Lipinski definition) is 6. The number of fused-ring (bicyclic) bond motifs is 1. The lowest BCUT2D eigenvalue weighted by Crippen LogP contribution is -2.49. The van der Waals surface area contributed by atoms with Crippen LogP contribution in [-0.4, -0.2) is 64.4 Å². The van der Waals surface area contributed by atoms with Crippen LogP contribution in [0.25, 0.3) is 17.0 Å². The standard InChI is InChI=1S/C26H22F6N6O2S/c27-25(28,29)18-3-2-16(19(11-18)26(30,31)32)13-38-20-4-1-15(9-17(20)12-35-38)10-21-23(40)36-24(41-21)34-6-8-37-7-5-33-22(39)14-37/h1-4,9-12H,5-8,13-14H2,(H,33,39)(H,34,36,40). The number of rotatable bonds is 6. The van der Waals surface area contributed by atoms with E-state index in [1.165, 1.54) is 22.6 Å². The molecule has 0 aliphatic carbocycles. The zero-order valence-electron chi connectivity index (χ0n) is 21.1. The zero-order chi connectivity index (χ0) is 29.4. The van der Waals surface area contributed by atoms with Crippen LogP contribution in [0.5, 0.6) is 0 Å². The van der Waals surface area contributed by atoms with E-state index in [1.54, 1.807) is 24.3 Å². The summed E-state index contributed by atoms with van der Waals surface area (Å²) in [5.74, 6) is -0.454. The molecule has 1 fully saturated rings. The summed E-state index contributed by atoms with van der Waals surface area (Å²) in [6.45, 7) is 2.36. The average molecular weight is 597 g/mol. The van der Waals surface area contributed by atoms with Gasteiger partial charge in [0.25, 0.3) is 5.91 Å². The van der Waals surface area contributed by atoms with Gasteiger partial charge in [-0.3, -0.25) is 19.2 Å². The highest BCUT2D eigenvalue weighted by Crippen LogP contribution is 2.38. The van der Waals surface area contributed by atoms with Crippen molar-refractivity contribution < 1.29 is 35.9 Å². The summed E-state index contributed by atoms with van der Waals surface area (Å²) in [5.41, 5.74) is -2.01. The lowest BCUT2D eigenvalue weighted by atomic mass is 10.0. The van der Waals surface area contributed by atoms with Gasteiger partial charge >= 0.3 is 12.4 Å². The molecule has 41 heavy (non-hydrogen) atoms. The number of benzene rings is 2. The minimum Gasteiger partial charge on any atom is -0.363 e. The van der Waals surface area contributed by atoms with Crippen LogP contribution in [0.2, 0.25) is 0 Å². The molecule has 1 aromatic heterocycles. The molecule has 2 aliphatic rings. The highest BCUT2D eigenvalue weighted by atomic mass is 32.2. The maximum absolute atomic E-state index is 13.6. The van der Waals surface area contributed by atoms with Gasteiger partial charge in [0.15, 0.2) is 5.17 Å². The highest BCUT2D eigenvalue weighted by Gasteiger charge is 2.38. The van der Waals surface area contributed by atoms with Crippen molar-refractivity contribution in [2.24, 2.45) is 4.99 Å². The summed E-state index contributed by atoms with van der Waals surface area (Å²) < 4.78 is 81.0. The third-order valence-corrected chi connectivity index (χ3v) is 7.41. The molecular weight excluding hydrogens is 574 g/mol. The van der Waals surface area contributed by atoms with Gasteiger partial charge in [-0.15, -0.1) is 0 Å². The van der Waals surface area contributed by atoms with E-state index in [2.05, 4.69) is 20.7 Å². The normalized spacial score (nSPS) is 17.8. The molecule has 0 spiro atoms. The van der Waals surface area contributed by atoms with Gasteiger partial charge in [0.1, 0.15) is 0 Å². The van der Waals surface area contributed by atoms with Crippen LogP contribution in [-0.2, 0) is 28.5 Å². The first-order valence-electron chi connectivity index (χ1n) is 12.4. The van der Waals surface area contributed by atoms with Crippen molar-refractivity contribution in [3.8, 4) is 0 Å². The molecule has 3 aromatic rings. The number of aliphatic imine (C=N–C) groups is 1. The molecule has 0 atom stereocenters. The summed E-state index contributed by atoms with van der Waals surface area (Å²) in [4.78, 5) is 30.3. The van der Waals surface area contributed by atoms with E-state index in [4.69, 9.17) is 0 Å². The van der Waals surface area contributed by atoms with Crippen molar-refractivity contribution >= 4 is 45.7 Å². The fraction of sp³-hybridized carbons (Fsp3) is 0.308. The second-order valence-electron chi connectivity index (χ2n) is 9.37. The van der Waals surface area contributed by atoms with Crippen LogP contribution in [0.1, 0.15) is 22.3 Å². The number of carbonyl (C=O) groups excluding carboxylic acids is 2. The van der Waals surface area contributed by atoms with Crippen LogP contribution < -0.4 is 10.6 Å². The number of hydrogen-bond donors (Lipinski definition) is 2. The number of aromatic nitrogens is 2. The van der Waals surface area contributed by atoms with Crippen LogP contribution >= 0.6 is 11.8 Å². The largest absolute Gasteiger partial charge is 0.416 e. The van der Waals surface area contributed by atoms with E-state index >= 15 is 0 Å². The Morgan fingerprint density at radius 1 is 1.05 bits per heavy atom. The molecule has 216 valence electrons. The van der Waals surface area contributed by atoms with Gasteiger partial charge in [-0.1, -0.05) is 12.1 Å². The molecule has 2 aromatic carbocycles. The smallest absolute Gasteiger partial charge is 0.363 e. The van der Waals surface area contributed by atoms with Crippen LogP contribution in [0.3, 0.4) is 0 Å². The lowest BCUT2D eigenvalue weighted by Gasteiger charge is -2.26. The molecule has 2 N–H and O–H groups in total. The number of thioether (sulfide) groups is 1. The highest BCUT2D eigenvalue weighted by molar-refractivity contribution is 8.18. The zero-order valence-corrected chi connectivity index (χ0v) is 22.0. The van der Waals surface area contributed by atoms with Gasteiger partial charge in [-0.2, -0.15) is 36.4 Å². The van der Waals surface area contributed by atoms with Crippen LogP contribution in [0, 0.1) is 0 Å². The number of amidine groups is 1. The third-order valence-electron chi connectivity index (χ3n) is 6.47. The van der Waals surface area contributed by atoms with Gasteiger partial charge in [0.2, 0.25) is 5.91 Å². The summed E-state index contributed by atoms with van der Waals surface area (Å²) in [6.07, 6.45) is -6.82. The Labute approximate surface area is 233 Å². The second kappa shape index (κ2) is 11.2. The maximum Gasteiger partial charge on any atom is 0.416 e. The molecule has 2 amide bonds. The number of alkyl halides is 6. The van der Waals surface area contributed by atoms with Crippen molar-refractivity contribution in [1.82, 2.24) is 25.3 Å². The molecule has 0 bridgehead atoms. The summed E-state index contributed by atoms with van der Waals surface area (Å²) in [6, 6.07) is 6.52. The van der Waals surface area contributed by atoms with Crippen molar-refractivity contribution in [1.29, 1.82) is 0 Å². The Morgan fingerprint density at radius 2 is 1.85 bits per heavy atom. The first-order valence-corrected chi connectivity index (χ1v) is 13.2. The summed E-state index contributed by atoms with van der Waals surface area (Å²) in [7, 11) is 0. The molecule has 3 heterocycles. The van der Waals surface area contributed by atoms with E-state index in [9.17, 15) is 35.9 Å². The van der Waals surface area contributed by atoms with E-state index in [-0.39, 0.29) is 17.5 Å². The summed E-state index contributed by atoms with van der Waals surface area (Å²) >= 11 is 1.17. The van der Waals surface area contributed by atoms with Gasteiger partial charge in [0.05, 0.1) is 40.8 Å². The topological polar surface area (TPSA) is 91.6 Å². The SMILES string of the molecule is O=C1CN(CCNC2=NC(=O)C(=Cc3ccc4c(cnn4Cc4ccc(C(F)(F)F)cc4C(F)(F)F)c3)S2)CCN1. The number of halogens is 6. The van der Waals surface area contributed by atoms with E-state index < -0.39 is 35.9 Å². The van der Waals surface area contributed by atoms with E-state index in [0.717, 1.165) is 12.6 Å². The Balaban J connectivity index is 1.27. The van der Waals surface area contributed by atoms with Gasteiger partial charge < -0.3 is 10.6 Å². The predicted octanol–water partition coefficient (Wildman–Crippen LogP) is 4.11. The molecule has 15 heteroatoms. The molecule has 8 nitrogen and oxygen atoms in total. The predicted molar refractivity (Wildman–Crippen MR) is 141 cm³/mol. The Hall–Kier alpha value is -3.85. The molecule has 0 unspecified atom stereocenters.